The minimum Gasteiger partial charge on any atom is -0.325 e. The molecule has 0 aliphatic heterocycles. The Hall–Kier alpha value is 1.27. The zero-order valence-electron chi connectivity index (χ0n) is 2.50. The molecule has 0 saturated carbocycles. The van der Waals surface area contributed by atoms with E-state index in [1.807, 2.05) is 0 Å². The molecule has 0 bridgehead atoms. The van der Waals surface area contributed by atoms with Crippen LogP contribution in [-0.4, -0.2) is 14.7 Å². The summed E-state index contributed by atoms with van der Waals surface area (Å²) in [6.45, 7) is -3.81. The molecule has 0 atom stereocenters. The maximum Gasteiger partial charge on any atom is 0.319 e. The zero-order chi connectivity index (χ0) is 4.50. The molecule has 0 aliphatic carbocycles. The predicted molar refractivity (Wildman–Crippen MR) is 20.9 cm³/mol. The Morgan fingerprint density at radius 1 is 1.17 bits per heavy atom. The first-order valence-electron chi connectivity index (χ1n) is 0.783. The summed E-state index contributed by atoms with van der Waals surface area (Å²) in [5.74, 6) is 0. The fourth-order valence-corrected chi connectivity index (χ4v) is 0. The molecule has 6 heavy (non-hydrogen) atoms. The average Bonchev–Trinajstić information content (AvgIpc) is 0.722. The summed E-state index contributed by atoms with van der Waals surface area (Å²) in [6, 6.07) is 0. The van der Waals surface area contributed by atoms with Crippen LogP contribution in [0.5, 0.6) is 0 Å². The minimum absolute atomic E-state index is 0. The molecular weight excluding hydrogens is 219 g/mol. The first-order valence-corrected chi connectivity index (χ1v) is 3.44. The third-order valence-electron chi connectivity index (χ3n) is 0. The summed E-state index contributed by atoms with van der Waals surface area (Å²) in [7, 11) is 0. The van der Waals surface area contributed by atoms with Crippen LogP contribution in [-0.2, 0) is 34.2 Å². The van der Waals surface area contributed by atoms with Gasteiger partial charge in [0, 0.05) is 22.4 Å². The summed E-state index contributed by atoms with van der Waals surface area (Å²) in [4.78, 5) is 22.7. The van der Waals surface area contributed by atoms with E-state index >= 15 is 0 Å². The van der Waals surface area contributed by atoms with E-state index in [0.717, 1.165) is 0 Å². The van der Waals surface area contributed by atoms with Crippen molar-refractivity contribution in [2.45, 2.75) is 0 Å². The molecule has 0 aromatic heterocycles. The molecule has 0 fully saturated rings. The van der Waals surface area contributed by atoms with Crippen LogP contribution in [0.25, 0.3) is 0 Å². The van der Waals surface area contributed by atoms with Crippen LogP contribution >= 0.6 is 6.72 Å². The van der Waals surface area contributed by atoms with E-state index in [4.69, 9.17) is 14.7 Å². The Morgan fingerprint density at radius 2 is 1.17 bits per heavy atom. The van der Waals surface area contributed by atoms with Gasteiger partial charge in [-0.3, -0.25) is 0 Å². The van der Waals surface area contributed by atoms with Crippen molar-refractivity contribution in [1.82, 2.24) is 0 Å². The van der Waals surface area contributed by atoms with Crippen molar-refractivity contribution in [3.05, 3.63) is 0 Å². The van der Waals surface area contributed by atoms with Gasteiger partial charge < -0.3 is 14.7 Å². The molecule has 0 spiro atoms. The quantitative estimate of drug-likeness (QED) is 0.370. The first kappa shape index (κ1) is 10.3. The van der Waals surface area contributed by atoms with Gasteiger partial charge in [0.15, 0.2) is 0 Å². The molecular formula is H3AgO3PS. The Morgan fingerprint density at radius 3 is 1.17 bits per heavy atom. The van der Waals surface area contributed by atoms with Gasteiger partial charge >= 0.3 is 6.72 Å². The second-order valence-electron chi connectivity index (χ2n) is 0.513. The topological polar surface area (TPSA) is 60.7 Å². The van der Waals surface area contributed by atoms with Gasteiger partial charge in [0.25, 0.3) is 0 Å². The average molecular weight is 222 g/mol. The van der Waals surface area contributed by atoms with Crippen molar-refractivity contribution >= 4 is 18.5 Å². The largest absolute Gasteiger partial charge is 0.325 e. The normalized spacial score (nSPS) is 9.83. The maximum atomic E-state index is 7.56. The van der Waals surface area contributed by atoms with Crippen LogP contribution in [0.2, 0.25) is 0 Å². The summed E-state index contributed by atoms with van der Waals surface area (Å²) < 4.78 is 0. The Balaban J connectivity index is 0. The van der Waals surface area contributed by atoms with Gasteiger partial charge in [0.1, 0.15) is 0 Å². The van der Waals surface area contributed by atoms with Gasteiger partial charge in [-0.1, -0.05) is 0 Å². The summed E-state index contributed by atoms with van der Waals surface area (Å²) in [5, 5.41) is 0. The fraction of sp³-hybridized carbons (Fsp3) is 0. The molecule has 6 heteroatoms. The SMILES string of the molecule is OP(O)(O)=S.[Ag]. The molecule has 0 amide bonds. The molecule has 1 radical (unpaired) electrons. The molecule has 0 aromatic rings. The van der Waals surface area contributed by atoms with Crippen molar-refractivity contribution in [1.29, 1.82) is 0 Å². The second kappa shape index (κ2) is 3.29. The van der Waals surface area contributed by atoms with E-state index in [0.29, 0.717) is 0 Å². The number of rotatable bonds is 0. The van der Waals surface area contributed by atoms with Crippen molar-refractivity contribution in [3.8, 4) is 0 Å². The predicted octanol–water partition coefficient (Wildman–Crippen LogP) is -0.815. The Kier molecular flexibility index (Phi) is 5.65. The summed E-state index contributed by atoms with van der Waals surface area (Å²) in [5.41, 5.74) is 0. The standard InChI is InChI=1S/Ag.H3O3PS/c;1-4(2,3)5/h;(H3,1,2,3,5). The van der Waals surface area contributed by atoms with Crippen molar-refractivity contribution in [2.24, 2.45) is 0 Å². The minimum atomic E-state index is -3.81. The zero-order valence-corrected chi connectivity index (χ0v) is 5.69. The van der Waals surface area contributed by atoms with Crippen molar-refractivity contribution < 1.29 is 37.1 Å². The van der Waals surface area contributed by atoms with Crippen LogP contribution in [0.15, 0.2) is 0 Å². The number of hydrogen-bond acceptors (Lipinski definition) is 1. The van der Waals surface area contributed by atoms with E-state index in [1.165, 1.54) is 0 Å². The third kappa shape index (κ3) is 59.6. The van der Waals surface area contributed by atoms with E-state index in [-0.39, 0.29) is 22.4 Å². The Labute approximate surface area is 55.8 Å². The molecule has 3 N–H and O–H groups in total. The fourth-order valence-electron chi connectivity index (χ4n) is 0. The van der Waals surface area contributed by atoms with Crippen molar-refractivity contribution in [2.75, 3.05) is 0 Å². The first-order chi connectivity index (χ1) is 2.00. The Bertz CT molecular complexity index is 56.9. The van der Waals surface area contributed by atoms with E-state index in [9.17, 15) is 0 Å². The molecule has 0 unspecified atom stereocenters. The van der Waals surface area contributed by atoms with Gasteiger partial charge in [0.05, 0.1) is 0 Å². The smallest absolute Gasteiger partial charge is 0.319 e. The molecule has 0 aliphatic rings. The molecule has 0 rings (SSSR count). The van der Waals surface area contributed by atoms with Crippen molar-refractivity contribution in [3.63, 3.8) is 0 Å². The molecule has 0 saturated heterocycles. The van der Waals surface area contributed by atoms with Gasteiger partial charge in [0.2, 0.25) is 0 Å². The number of hydrogen-bond donors (Lipinski definition) is 3. The summed E-state index contributed by atoms with van der Waals surface area (Å²) >= 11 is 3.60. The third-order valence-corrected chi connectivity index (χ3v) is 0. The second-order valence-corrected chi connectivity index (χ2v) is 3.01. The van der Waals surface area contributed by atoms with E-state index in [2.05, 4.69) is 11.8 Å². The maximum absolute atomic E-state index is 7.56. The molecule has 0 heterocycles. The monoisotopic (exact) mass is 221 g/mol. The van der Waals surface area contributed by atoms with Gasteiger partial charge in [-0.2, -0.15) is 0 Å². The molecule has 0 aromatic carbocycles. The summed E-state index contributed by atoms with van der Waals surface area (Å²) in [6.07, 6.45) is 0. The van der Waals surface area contributed by atoms with Crippen LogP contribution in [0.4, 0.5) is 0 Å². The van der Waals surface area contributed by atoms with E-state index in [1.54, 1.807) is 0 Å². The van der Waals surface area contributed by atoms with E-state index < -0.39 is 6.72 Å². The van der Waals surface area contributed by atoms with Crippen LogP contribution in [0.1, 0.15) is 0 Å². The van der Waals surface area contributed by atoms with Gasteiger partial charge in [-0.05, 0) is 11.8 Å². The van der Waals surface area contributed by atoms with Gasteiger partial charge in [-0.15, -0.1) is 0 Å². The van der Waals surface area contributed by atoms with Crippen LogP contribution in [0.3, 0.4) is 0 Å². The molecule has 43 valence electrons. The molecule has 3 nitrogen and oxygen atoms in total. The van der Waals surface area contributed by atoms with Gasteiger partial charge in [-0.25, -0.2) is 0 Å². The van der Waals surface area contributed by atoms with Crippen LogP contribution < -0.4 is 0 Å². The van der Waals surface area contributed by atoms with Crippen LogP contribution in [0, 0.1) is 0 Å².